The molecule has 3 rings (SSSR count). The SMILES string of the molecule is CC(C)Oc1cccc(/C(O)=C2/C(=O)C(=O)N(CCCN(C)C)C2c2ccc(N(C)C)cc2)c1. The zero-order valence-corrected chi connectivity index (χ0v) is 20.9. The van der Waals surface area contributed by atoms with Crippen molar-refractivity contribution in [3.8, 4) is 5.75 Å². The van der Waals surface area contributed by atoms with Crippen molar-refractivity contribution in [3.63, 3.8) is 0 Å². The Morgan fingerprint density at radius 1 is 1.06 bits per heavy atom. The minimum Gasteiger partial charge on any atom is -0.507 e. The summed E-state index contributed by atoms with van der Waals surface area (Å²) in [6.45, 7) is 5.03. The van der Waals surface area contributed by atoms with Crippen LogP contribution in [0.3, 0.4) is 0 Å². The van der Waals surface area contributed by atoms with Gasteiger partial charge in [0.1, 0.15) is 11.5 Å². The van der Waals surface area contributed by atoms with Crippen molar-refractivity contribution >= 4 is 23.1 Å². The lowest BCUT2D eigenvalue weighted by molar-refractivity contribution is -0.139. The van der Waals surface area contributed by atoms with Gasteiger partial charge in [0.25, 0.3) is 11.7 Å². The van der Waals surface area contributed by atoms with E-state index in [1.165, 1.54) is 0 Å². The molecule has 0 bridgehead atoms. The number of ether oxygens (including phenoxy) is 1. The van der Waals surface area contributed by atoms with E-state index in [9.17, 15) is 14.7 Å². The van der Waals surface area contributed by atoms with E-state index >= 15 is 0 Å². The van der Waals surface area contributed by atoms with Gasteiger partial charge in [-0.2, -0.15) is 0 Å². The largest absolute Gasteiger partial charge is 0.507 e. The summed E-state index contributed by atoms with van der Waals surface area (Å²) >= 11 is 0. The van der Waals surface area contributed by atoms with Crippen LogP contribution in [0.5, 0.6) is 5.75 Å². The molecule has 1 unspecified atom stereocenters. The molecule has 2 aromatic rings. The van der Waals surface area contributed by atoms with Crippen molar-refractivity contribution in [1.82, 2.24) is 9.80 Å². The van der Waals surface area contributed by atoms with Crippen LogP contribution < -0.4 is 9.64 Å². The summed E-state index contributed by atoms with van der Waals surface area (Å²) in [4.78, 5) is 31.9. The molecule has 34 heavy (non-hydrogen) atoms. The standard InChI is InChI=1S/C27H35N3O4/c1-18(2)34-22-10-7-9-20(17-22)25(31)23-24(19-11-13-21(14-12-19)29(5)6)30(27(33)26(23)32)16-8-15-28(3)4/h7,9-14,17-18,24,31H,8,15-16H2,1-6H3/b25-23-. The summed E-state index contributed by atoms with van der Waals surface area (Å²) in [6.07, 6.45) is 0.680. The number of Topliss-reactive ketones (excluding diaryl/α,β-unsaturated/α-hetero) is 1. The number of carbonyl (C=O) groups excluding carboxylic acids is 2. The number of ketones is 1. The van der Waals surface area contributed by atoms with Crippen molar-refractivity contribution in [2.24, 2.45) is 0 Å². The lowest BCUT2D eigenvalue weighted by atomic mass is 9.95. The van der Waals surface area contributed by atoms with Crippen LogP contribution in [0.25, 0.3) is 5.76 Å². The van der Waals surface area contributed by atoms with E-state index in [0.29, 0.717) is 24.3 Å². The maximum absolute atomic E-state index is 13.2. The summed E-state index contributed by atoms with van der Waals surface area (Å²) in [5, 5.41) is 11.3. The highest BCUT2D eigenvalue weighted by molar-refractivity contribution is 6.46. The van der Waals surface area contributed by atoms with Gasteiger partial charge >= 0.3 is 0 Å². The third-order valence-corrected chi connectivity index (χ3v) is 5.75. The Hall–Kier alpha value is -3.32. The quantitative estimate of drug-likeness (QED) is 0.344. The fourth-order valence-corrected chi connectivity index (χ4v) is 4.11. The van der Waals surface area contributed by atoms with Crippen molar-refractivity contribution < 1.29 is 19.4 Å². The normalized spacial score (nSPS) is 17.6. The Kier molecular flexibility index (Phi) is 7.99. The predicted octanol–water partition coefficient (Wildman–Crippen LogP) is 3.91. The number of aliphatic hydroxyl groups is 1. The second-order valence-electron chi connectivity index (χ2n) is 9.33. The zero-order chi connectivity index (χ0) is 25.0. The molecule has 1 amide bonds. The second kappa shape index (κ2) is 10.7. The van der Waals surface area contributed by atoms with Crippen molar-refractivity contribution in [2.45, 2.75) is 32.4 Å². The van der Waals surface area contributed by atoms with Gasteiger partial charge in [0, 0.05) is 31.9 Å². The van der Waals surface area contributed by atoms with Crippen LogP contribution in [0.15, 0.2) is 54.1 Å². The molecule has 1 aliphatic rings. The maximum Gasteiger partial charge on any atom is 0.295 e. The molecule has 2 aromatic carbocycles. The van der Waals surface area contributed by atoms with Gasteiger partial charge in [0.15, 0.2) is 0 Å². The predicted molar refractivity (Wildman–Crippen MR) is 135 cm³/mol. The summed E-state index contributed by atoms with van der Waals surface area (Å²) < 4.78 is 5.75. The Bertz CT molecular complexity index is 1060. The molecule has 7 nitrogen and oxygen atoms in total. The number of likely N-dealkylation sites (tertiary alicyclic amines) is 1. The minimum absolute atomic E-state index is 0.0325. The van der Waals surface area contributed by atoms with Crippen molar-refractivity contribution in [3.05, 3.63) is 65.2 Å². The minimum atomic E-state index is -0.667. The molecule has 1 saturated heterocycles. The number of hydrogen-bond donors (Lipinski definition) is 1. The Labute approximate surface area is 202 Å². The number of carbonyl (C=O) groups is 2. The Morgan fingerprint density at radius 3 is 2.32 bits per heavy atom. The van der Waals surface area contributed by atoms with E-state index in [-0.39, 0.29) is 17.4 Å². The molecule has 0 aromatic heterocycles. The third-order valence-electron chi connectivity index (χ3n) is 5.75. The average molecular weight is 466 g/mol. The van der Waals surface area contributed by atoms with Crippen LogP contribution in [0, 0.1) is 0 Å². The summed E-state index contributed by atoms with van der Waals surface area (Å²) in [7, 11) is 7.85. The molecule has 7 heteroatoms. The fraction of sp³-hybridized carbons (Fsp3) is 0.407. The molecule has 1 fully saturated rings. The highest BCUT2D eigenvalue weighted by atomic mass is 16.5. The molecule has 0 spiro atoms. The summed E-state index contributed by atoms with van der Waals surface area (Å²) in [5.41, 5.74) is 2.34. The lowest BCUT2D eigenvalue weighted by Gasteiger charge is -2.26. The van der Waals surface area contributed by atoms with E-state index < -0.39 is 17.7 Å². The summed E-state index contributed by atoms with van der Waals surface area (Å²) in [6, 6.07) is 14.0. The monoisotopic (exact) mass is 465 g/mol. The smallest absolute Gasteiger partial charge is 0.295 e. The van der Waals surface area contributed by atoms with Crippen molar-refractivity contribution in [2.75, 3.05) is 46.2 Å². The van der Waals surface area contributed by atoms with Gasteiger partial charge in [0.05, 0.1) is 17.7 Å². The Morgan fingerprint density at radius 2 is 1.74 bits per heavy atom. The van der Waals surface area contributed by atoms with Crippen LogP contribution in [0.2, 0.25) is 0 Å². The number of aliphatic hydroxyl groups excluding tert-OH is 1. The number of hydrogen-bond acceptors (Lipinski definition) is 6. The number of benzene rings is 2. The molecule has 182 valence electrons. The first-order valence-electron chi connectivity index (χ1n) is 11.6. The van der Waals surface area contributed by atoms with E-state index in [1.807, 2.05) is 76.1 Å². The van der Waals surface area contributed by atoms with Crippen LogP contribution in [-0.2, 0) is 9.59 Å². The highest BCUT2D eigenvalue weighted by Gasteiger charge is 2.45. The summed E-state index contributed by atoms with van der Waals surface area (Å²) in [5.74, 6) is -0.855. The van der Waals surface area contributed by atoms with E-state index in [2.05, 4.69) is 0 Å². The van der Waals surface area contributed by atoms with Crippen LogP contribution in [0.4, 0.5) is 5.69 Å². The molecule has 0 aliphatic carbocycles. The van der Waals surface area contributed by atoms with Gasteiger partial charge in [-0.15, -0.1) is 0 Å². The number of rotatable bonds is 9. The van der Waals surface area contributed by atoms with Gasteiger partial charge in [-0.05, 0) is 70.7 Å². The van der Waals surface area contributed by atoms with Crippen LogP contribution in [0.1, 0.15) is 37.4 Å². The fourth-order valence-electron chi connectivity index (χ4n) is 4.11. The number of anilines is 1. The van der Waals surface area contributed by atoms with E-state index in [1.54, 1.807) is 29.2 Å². The molecule has 1 aliphatic heterocycles. The maximum atomic E-state index is 13.2. The van der Waals surface area contributed by atoms with Gasteiger partial charge in [-0.1, -0.05) is 24.3 Å². The molecule has 1 heterocycles. The van der Waals surface area contributed by atoms with E-state index in [4.69, 9.17) is 4.74 Å². The van der Waals surface area contributed by atoms with Gasteiger partial charge in [0.2, 0.25) is 0 Å². The number of nitrogens with zero attached hydrogens (tertiary/aromatic N) is 3. The third kappa shape index (κ3) is 5.59. The molecule has 1 N–H and O–H groups in total. The molecule has 1 atom stereocenters. The van der Waals surface area contributed by atoms with Gasteiger partial charge in [-0.3, -0.25) is 9.59 Å². The van der Waals surface area contributed by atoms with Crippen LogP contribution in [-0.4, -0.2) is 74.0 Å². The topological polar surface area (TPSA) is 73.3 Å². The lowest BCUT2D eigenvalue weighted by Crippen LogP contribution is -2.32. The van der Waals surface area contributed by atoms with Crippen LogP contribution >= 0.6 is 0 Å². The first-order chi connectivity index (χ1) is 16.1. The second-order valence-corrected chi connectivity index (χ2v) is 9.33. The highest BCUT2D eigenvalue weighted by Crippen LogP contribution is 2.40. The van der Waals surface area contributed by atoms with Crippen molar-refractivity contribution in [1.29, 1.82) is 0 Å². The first kappa shape index (κ1) is 25.3. The molecule has 0 saturated carbocycles. The number of amides is 1. The molecule has 0 radical (unpaired) electrons. The van der Waals surface area contributed by atoms with Gasteiger partial charge in [-0.25, -0.2) is 0 Å². The Balaban J connectivity index is 2.08. The average Bonchev–Trinajstić information content (AvgIpc) is 3.03. The van der Waals surface area contributed by atoms with Gasteiger partial charge < -0.3 is 24.5 Å². The molecular weight excluding hydrogens is 430 g/mol. The zero-order valence-electron chi connectivity index (χ0n) is 20.9. The van der Waals surface area contributed by atoms with E-state index in [0.717, 1.165) is 17.8 Å². The first-order valence-corrected chi connectivity index (χ1v) is 11.6. The molecular formula is C27H35N3O4.